The number of rotatable bonds is 3. The third-order valence-corrected chi connectivity index (χ3v) is 4.06. The van der Waals surface area contributed by atoms with Crippen molar-refractivity contribution in [2.45, 2.75) is 57.2 Å². The van der Waals surface area contributed by atoms with Gasteiger partial charge in [0.2, 0.25) is 5.91 Å². The maximum absolute atomic E-state index is 12.1. The minimum absolute atomic E-state index is 0.141. The fourth-order valence-electron chi connectivity index (χ4n) is 3.16. The van der Waals surface area contributed by atoms with Crippen molar-refractivity contribution >= 4 is 11.7 Å². The number of likely N-dealkylation sites (tertiary alicyclic amines) is 1. The van der Waals surface area contributed by atoms with E-state index in [-0.39, 0.29) is 17.7 Å². The van der Waals surface area contributed by atoms with Gasteiger partial charge in [0.25, 0.3) is 0 Å². The molecule has 3 nitrogen and oxygen atoms in total. The van der Waals surface area contributed by atoms with Crippen LogP contribution in [0.4, 0.5) is 13.2 Å². The van der Waals surface area contributed by atoms with Crippen molar-refractivity contribution in [3.63, 3.8) is 0 Å². The maximum atomic E-state index is 12.1. The van der Waals surface area contributed by atoms with E-state index in [4.69, 9.17) is 0 Å². The number of hydrogen-bond donors (Lipinski definition) is 0. The van der Waals surface area contributed by atoms with Crippen molar-refractivity contribution in [1.82, 2.24) is 4.90 Å². The highest BCUT2D eigenvalue weighted by Crippen LogP contribution is 2.34. The molecule has 0 spiro atoms. The third kappa shape index (κ3) is 3.48. The van der Waals surface area contributed by atoms with Crippen LogP contribution in [0.5, 0.6) is 0 Å². The van der Waals surface area contributed by atoms with Gasteiger partial charge in [-0.1, -0.05) is 0 Å². The van der Waals surface area contributed by atoms with Crippen LogP contribution in [-0.2, 0) is 9.59 Å². The minimum atomic E-state index is -4.30. The van der Waals surface area contributed by atoms with E-state index < -0.39 is 24.9 Å². The smallest absolute Gasteiger partial charge is 0.339 e. The Labute approximate surface area is 110 Å². The highest BCUT2D eigenvalue weighted by Gasteiger charge is 2.40. The monoisotopic (exact) mass is 277 g/mol. The van der Waals surface area contributed by atoms with E-state index in [1.807, 2.05) is 0 Å². The van der Waals surface area contributed by atoms with Crippen molar-refractivity contribution in [3.8, 4) is 0 Å². The Morgan fingerprint density at radius 2 is 2.00 bits per heavy atom. The summed E-state index contributed by atoms with van der Waals surface area (Å²) >= 11 is 0. The minimum Gasteiger partial charge on any atom is -0.339 e. The number of halogens is 3. The number of alkyl halides is 3. The molecular formula is C13H18F3NO2. The van der Waals surface area contributed by atoms with Crippen LogP contribution in [0.1, 0.15) is 44.9 Å². The van der Waals surface area contributed by atoms with Gasteiger partial charge in [-0.25, -0.2) is 0 Å². The lowest BCUT2D eigenvalue weighted by molar-refractivity contribution is -0.150. The van der Waals surface area contributed by atoms with Gasteiger partial charge < -0.3 is 4.90 Å². The van der Waals surface area contributed by atoms with Gasteiger partial charge in [0.1, 0.15) is 5.78 Å². The summed E-state index contributed by atoms with van der Waals surface area (Å²) < 4.78 is 36.4. The number of Topliss-reactive ketones (excluding diaryl/α,β-unsaturated/α-hetero) is 1. The second-order valence-corrected chi connectivity index (χ2v) is 5.38. The van der Waals surface area contributed by atoms with Crippen LogP contribution in [0.3, 0.4) is 0 Å². The Morgan fingerprint density at radius 3 is 2.58 bits per heavy atom. The molecule has 1 saturated carbocycles. The zero-order chi connectivity index (χ0) is 14.0. The molecule has 1 aliphatic heterocycles. The van der Waals surface area contributed by atoms with Gasteiger partial charge in [-0.3, -0.25) is 9.59 Å². The molecule has 2 atom stereocenters. The summed E-state index contributed by atoms with van der Waals surface area (Å²) in [6.07, 6.45) is -2.19. The Bertz CT molecular complexity index is 367. The third-order valence-electron chi connectivity index (χ3n) is 4.06. The number of ketones is 1. The molecule has 1 aliphatic carbocycles. The molecule has 0 aromatic rings. The summed E-state index contributed by atoms with van der Waals surface area (Å²) in [5.74, 6) is -0.433. The summed E-state index contributed by atoms with van der Waals surface area (Å²) in [7, 11) is 0. The Balaban J connectivity index is 1.94. The first-order chi connectivity index (χ1) is 8.88. The summed E-state index contributed by atoms with van der Waals surface area (Å²) in [6, 6.07) is -0.157. The molecule has 6 heteroatoms. The van der Waals surface area contributed by atoms with Crippen molar-refractivity contribution in [1.29, 1.82) is 0 Å². The van der Waals surface area contributed by atoms with Gasteiger partial charge in [-0.15, -0.1) is 0 Å². The topological polar surface area (TPSA) is 37.4 Å². The lowest BCUT2D eigenvalue weighted by Gasteiger charge is -2.28. The highest BCUT2D eigenvalue weighted by atomic mass is 19.4. The van der Waals surface area contributed by atoms with Crippen LogP contribution in [0.2, 0.25) is 0 Å². The van der Waals surface area contributed by atoms with E-state index in [2.05, 4.69) is 0 Å². The van der Waals surface area contributed by atoms with Gasteiger partial charge in [0.05, 0.1) is 6.42 Å². The zero-order valence-electron chi connectivity index (χ0n) is 10.7. The zero-order valence-corrected chi connectivity index (χ0v) is 10.7. The normalized spacial score (nSPS) is 28.2. The molecule has 2 unspecified atom stereocenters. The number of hydrogen-bond acceptors (Lipinski definition) is 2. The molecule has 1 amide bonds. The molecule has 108 valence electrons. The van der Waals surface area contributed by atoms with Crippen LogP contribution in [0.15, 0.2) is 0 Å². The highest BCUT2D eigenvalue weighted by molar-refractivity contribution is 5.85. The standard InChI is InChI=1S/C13H18F3NO2/c14-13(15,16)7-6-12(19)17-8-2-4-10(17)9-3-1-5-11(9)18/h9-10H,1-8H2. The molecule has 2 fully saturated rings. The predicted octanol–water partition coefficient (Wildman–Crippen LogP) is 2.69. The van der Waals surface area contributed by atoms with Gasteiger partial charge >= 0.3 is 6.18 Å². The largest absolute Gasteiger partial charge is 0.389 e. The summed E-state index contributed by atoms with van der Waals surface area (Å²) in [5, 5.41) is 0. The Morgan fingerprint density at radius 1 is 1.26 bits per heavy atom. The van der Waals surface area contributed by atoms with Crippen LogP contribution >= 0.6 is 0 Å². The van der Waals surface area contributed by atoms with Gasteiger partial charge in [-0.2, -0.15) is 13.2 Å². The fraction of sp³-hybridized carbons (Fsp3) is 0.846. The molecule has 1 heterocycles. The van der Waals surface area contributed by atoms with Crippen molar-refractivity contribution in [2.24, 2.45) is 5.92 Å². The van der Waals surface area contributed by atoms with Crippen molar-refractivity contribution < 1.29 is 22.8 Å². The number of amides is 1. The molecule has 0 aromatic heterocycles. The molecule has 0 N–H and O–H groups in total. The van der Waals surface area contributed by atoms with E-state index in [0.29, 0.717) is 13.0 Å². The molecule has 1 saturated heterocycles. The van der Waals surface area contributed by atoms with Gasteiger partial charge in [-0.05, 0) is 25.7 Å². The van der Waals surface area contributed by atoms with E-state index in [0.717, 1.165) is 25.7 Å². The predicted molar refractivity (Wildman–Crippen MR) is 62.4 cm³/mol. The number of carbonyl (C=O) groups is 2. The quantitative estimate of drug-likeness (QED) is 0.795. The van der Waals surface area contributed by atoms with Crippen LogP contribution in [0, 0.1) is 5.92 Å². The van der Waals surface area contributed by atoms with Crippen molar-refractivity contribution in [3.05, 3.63) is 0 Å². The molecule has 0 radical (unpaired) electrons. The van der Waals surface area contributed by atoms with Crippen LogP contribution in [0.25, 0.3) is 0 Å². The number of nitrogens with zero attached hydrogens (tertiary/aromatic N) is 1. The molecule has 2 aliphatic rings. The molecular weight excluding hydrogens is 259 g/mol. The fourth-order valence-corrected chi connectivity index (χ4v) is 3.16. The van der Waals surface area contributed by atoms with E-state index in [9.17, 15) is 22.8 Å². The lowest BCUT2D eigenvalue weighted by atomic mass is 9.95. The van der Waals surface area contributed by atoms with E-state index in [1.165, 1.54) is 4.90 Å². The van der Waals surface area contributed by atoms with E-state index >= 15 is 0 Å². The second kappa shape index (κ2) is 5.51. The van der Waals surface area contributed by atoms with E-state index in [1.54, 1.807) is 0 Å². The van der Waals surface area contributed by atoms with Gasteiger partial charge in [0.15, 0.2) is 0 Å². The Hall–Kier alpha value is -1.07. The number of carbonyl (C=O) groups excluding carboxylic acids is 2. The van der Waals surface area contributed by atoms with Gasteiger partial charge in [0, 0.05) is 31.3 Å². The summed E-state index contributed by atoms with van der Waals surface area (Å²) in [6.45, 7) is 0.491. The van der Waals surface area contributed by atoms with Crippen molar-refractivity contribution in [2.75, 3.05) is 6.54 Å². The lowest BCUT2D eigenvalue weighted by Crippen LogP contribution is -2.41. The average molecular weight is 277 g/mol. The second-order valence-electron chi connectivity index (χ2n) is 5.38. The first-order valence-corrected chi connectivity index (χ1v) is 6.77. The molecule has 0 bridgehead atoms. The molecule has 2 rings (SSSR count). The Kier molecular flexibility index (Phi) is 4.16. The molecule has 19 heavy (non-hydrogen) atoms. The SMILES string of the molecule is O=C1CCCC1C1CCCN1C(=O)CCC(F)(F)F. The summed E-state index contributed by atoms with van der Waals surface area (Å²) in [4.78, 5) is 25.1. The first kappa shape index (κ1) is 14.3. The van der Waals surface area contributed by atoms with Crippen LogP contribution < -0.4 is 0 Å². The first-order valence-electron chi connectivity index (χ1n) is 6.77. The average Bonchev–Trinajstić information content (AvgIpc) is 2.92. The maximum Gasteiger partial charge on any atom is 0.389 e. The molecule has 0 aromatic carbocycles. The summed E-state index contributed by atoms with van der Waals surface area (Å²) in [5.41, 5.74) is 0. The van der Waals surface area contributed by atoms with Crippen LogP contribution in [-0.4, -0.2) is 35.4 Å².